The summed E-state index contributed by atoms with van der Waals surface area (Å²) in [7, 11) is -1.52. The first-order valence-corrected chi connectivity index (χ1v) is 11.8. The minimum Gasteiger partial charge on any atom is -0.497 e. The molecule has 1 heterocycles. The lowest BCUT2D eigenvalue weighted by atomic mass is 10.1. The fourth-order valence-electron chi connectivity index (χ4n) is 4.11. The fraction of sp³-hybridized carbons (Fsp3) is 0.550. The van der Waals surface area contributed by atoms with Gasteiger partial charge in [-0.15, -0.1) is 0 Å². The number of methoxy groups -OCH3 is 1. The summed E-state index contributed by atoms with van der Waals surface area (Å²) in [5.41, 5.74) is 0.668. The highest BCUT2D eigenvalue weighted by molar-refractivity contribution is 7.91. The molecule has 0 aromatic heterocycles. The first-order chi connectivity index (χ1) is 13.0. The lowest BCUT2D eigenvalue weighted by molar-refractivity contribution is -0.136. The number of allylic oxidation sites excluding steroid dienone is 1. The van der Waals surface area contributed by atoms with Crippen molar-refractivity contribution in [2.45, 2.75) is 32.9 Å². The molecule has 0 unspecified atom stereocenters. The number of amides is 1. The Morgan fingerprint density at radius 1 is 1.29 bits per heavy atom. The van der Waals surface area contributed by atoms with Crippen LogP contribution in [0.5, 0.6) is 5.75 Å². The summed E-state index contributed by atoms with van der Waals surface area (Å²) in [5, 5.41) is 0. The van der Waals surface area contributed by atoms with Gasteiger partial charge in [-0.05, 0) is 41.5 Å². The molecule has 0 radical (unpaired) electrons. The molecule has 5 nitrogen and oxygen atoms in total. The number of hydrogen-bond donors (Lipinski definition) is 0. The quantitative estimate of drug-likeness (QED) is 0.667. The van der Waals surface area contributed by atoms with E-state index in [1.54, 1.807) is 18.1 Å². The molecule has 28 heavy (non-hydrogen) atoms. The molecular formula is C20H25Cl2NO4S. The maximum absolute atomic E-state index is 13.4. The topological polar surface area (TPSA) is 63.7 Å². The van der Waals surface area contributed by atoms with E-state index in [1.807, 2.05) is 38.1 Å². The largest absolute Gasteiger partial charge is 0.497 e. The highest BCUT2D eigenvalue weighted by Crippen LogP contribution is 2.60. The van der Waals surface area contributed by atoms with Gasteiger partial charge in [-0.2, -0.15) is 0 Å². The number of nitrogens with zero attached hydrogens (tertiary/aromatic N) is 1. The molecule has 1 saturated carbocycles. The number of rotatable bonds is 6. The molecule has 1 aromatic rings. The van der Waals surface area contributed by atoms with Crippen molar-refractivity contribution in [1.29, 1.82) is 0 Å². The number of benzene rings is 1. The second kappa shape index (κ2) is 7.88. The lowest BCUT2D eigenvalue weighted by Crippen LogP contribution is -2.42. The molecule has 1 aliphatic carbocycles. The van der Waals surface area contributed by atoms with E-state index in [0.717, 1.165) is 11.3 Å². The van der Waals surface area contributed by atoms with Crippen LogP contribution in [0.1, 0.15) is 25.8 Å². The summed E-state index contributed by atoms with van der Waals surface area (Å²) in [6.45, 7) is 4.37. The second-order valence-corrected chi connectivity index (χ2v) is 11.4. The fourth-order valence-corrected chi connectivity index (χ4v) is 6.11. The van der Waals surface area contributed by atoms with E-state index < -0.39 is 9.84 Å². The van der Waals surface area contributed by atoms with Gasteiger partial charge in [0.15, 0.2) is 9.84 Å². The number of sulfone groups is 1. The Morgan fingerprint density at radius 2 is 1.93 bits per heavy atom. The number of halogens is 2. The normalized spacial score (nSPS) is 27.1. The Kier molecular flexibility index (Phi) is 6.04. The van der Waals surface area contributed by atoms with Crippen LogP contribution in [-0.2, 0) is 21.2 Å². The van der Waals surface area contributed by atoms with Gasteiger partial charge in [0.2, 0.25) is 5.91 Å². The van der Waals surface area contributed by atoms with Gasteiger partial charge in [0.05, 0.1) is 24.5 Å². The van der Waals surface area contributed by atoms with E-state index >= 15 is 0 Å². The standard InChI is InChI=1S/C20H25Cl2NO4S/c1-20(2)16(10-17(21)22)18(20)19(24)23(14-8-9-28(25,26)12-14)11-13-4-6-15(27-3)7-5-13/h4-7,10,14,16,18H,8-9,11-12H2,1-3H3/t14-,16+,18-/m0/s1. The van der Waals surface area contributed by atoms with Crippen molar-refractivity contribution in [1.82, 2.24) is 4.90 Å². The van der Waals surface area contributed by atoms with Gasteiger partial charge >= 0.3 is 0 Å². The van der Waals surface area contributed by atoms with E-state index in [9.17, 15) is 13.2 Å². The van der Waals surface area contributed by atoms with E-state index in [4.69, 9.17) is 27.9 Å². The van der Waals surface area contributed by atoms with Crippen molar-refractivity contribution in [3.05, 3.63) is 40.4 Å². The predicted octanol–water partition coefficient (Wildman–Crippen LogP) is 3.80. The van der Waals surface area contributed by atoms with Gasteiger partial charge in [0.25, 0.3) is 0 Å². The van der Waals surface area contributed by atoms with Crippen molar-refractivity contribution in [3.63, 3.8) is 0 Å². The van der Waals surface area contributed by atoms with Crippen LogP contribution in [0.25, 0.3) is 0 Å². The Hall–Kier alpha value is -1.24. The van der Waals surface area contributed by atoms with Crippen LogP contribution in [0.3, 0.4) is 0 Å². The predicted molar refractivity (Wildman–Crippen MR) is 111 cm³/mol. The molecule has 1 aromatic carbocycles. The van der Waals surface area contributed by atoms with Gasteiger partial charge in [0.1, 0.15) is 10.2 Å². The van der Waals surface area contributed by atoms with Crippen LogP contribution in [-0.4, -0.2) is 43.9 Å². The van der Waals surface area contributed by atoms with Crippen molar-refractivity contribution >= 4 is 38.9 Å². The summed E-state index contributed by atoms with van der Waals surface area (Å²) in [4.78, 5) is 15.2. The van der Waals surface area contributed by atoms with Crippen LogP contribution in [0.4, 0.5) is 0 Å². The molecule has 2 fully saturated rings. The SMILES string of the molecule is COc1ccc(CN(C(=O)[C@@H]2[C@@H](C=C(Cl)Cl)C2(C)C)[C@H]2CCS(=O)(=O)C2)cc1. The highest BCUT2D eigenvalue weighted by Gasteiger charge is 2.62. The van der Waals surface area contributed by atoms with Gasteiger partial charge in [-0.3, -0.25) is 4.79 Å². The first-order valence-electron chi connectivity index (χ1n) is 9.22. The second-order valence-electron chi connectivity index (χ2n) is 8.15. The minimum absolute atomic E-state index is 0.0127. The molecule has 0 N–H and O–H groups in total. The van der Waals surface area contributed by atoms with Gasteiger partial charge in [-0.1, -0.05) is 49.2 Å². The van der Waals surface area contributed by atoms with Crippen LogP contribution in [0, 0.1) is 17.3 Å². The molecule has 154 valence electrons. The third kappa shape index (κ3) is 4.50. The average molecular weight is 446 g/mol. The van der Waals surface area contributed by atoms with E-state index in [2.05, 4.69) is 0 Å². The van der Waals surface area contributed by atoms with Gasteiger partial charge < -0.3 is 9.64 Å². The third-order valence-electron chi connectivity index (χ3n) is 5.93. The maximum atomic E-state index is 13.4. The molecule has 2 aliphatic rings. The smallest absolute Gasteiger partial charge is 0.227 e. The zero-order valence-corrected chi connectivity index (χ0v) is 18.5. The number of ether oxygens (including phenoxy) is 1. The molecule has 3 atom stereocenters. The summed E-state index contributed by atoms with van der Waals surface area (Å²) in [6, 6.07) is 7.15. The summed E-state index contributed by atoms with van der Waals surface area (Å²) in [5.74, 6) is 0.505. The Bertz CT molecular complexity index is 876. The summed E-state index contributed by atoms with van der Waals surface area (Å²) in [6.07, 6.45) is 2.18. The van der Waals surface area contributed by atoms with Gasteiger partial charge in [0, 0.05) is 12.6 Å². The Morgan fingerprint density at radius 3 is 2.43 bits per heavy atom. The molecule has 1 saturated heterocycles. The van der Waals surface area contributed by atoms with Crippen molar-refractivity contribution < 1.29 is 17.9 Å². The summed E-state index contributed by atoms with van der Waals surface area (Å²) < 4.78 is 29.4. The zero-order chi connectivity index (χ0) is 20.7. The monoisotopic (exact) mass is 445 g/mol. The van der Waals surface area contributed by atoms with Crippen molar-refractivity contribution in [2.24, 2.45) is 17.3 Å². The molecule has 0 bridgehead atoms. The number of carbonyl (C=O) groups is 1. The van der Waals surface area contributed by atoms with Gasteiger partial charge in [-0.25, -0.2) is 8.42 Å². The Balaban J connectivity index is 1.86. The van der Waals surface area contributed by atoms with Crippen molar-refractivity contribution in [2.75, 3.05) is 18.6 Å². The van der Waals surface area contributed by atoms with E-state index in [0.29, 0.717) is 13.0 Å². The third-order valence-corrected chi connectivity index (χ3v) is 7.93. The van der Waals surface area contributed by atoms with Crippen LogP contribution in [0.2, 0.25) is 0 Å². The molecule has 1 aliphatic heterocycles. The van der Waals surface area contributed by atoms with E-state index in [-0.39, 0.29) is 45.2 Å². The van der Waals surface area contributed by atoms with Crippen LogP contribution < -0.4 is 4.74 Å². The minimum atomic E-state index is -3.11. The first kappa shape index (κ1) is 21.5. The lowest BCUT2D eigenvalue weighted by Gasteiger charge is -2.29. The summed E-state index contributed by atoms with van der Waals surface area (Å²) >= 11 is 11.6. The zero-order valence-electron chi connectivity index (χ0n) is 16.2. The molecule has 1 amide bonds. The average Bonchev–Trinajstić information content (AvgIpc) is 2.95. The van der Waals surface area contributed by atoms with Crippen LogP contribution in [0.15, 0.2) is 34.8 Å². The highest BCUT2D eigenvalue weighted by atomic mass is 35.5. The molecular weight excluding hydrogens is 421 g/mol. The number of hydrogen-bond acceptors (Lipinski definition) is 4. The van der Waals surface area contributed by atoms with E-state index in [1.165, 1.54) is 0 Å². The Labute approximate surface area is 176 Å². The molecule has 8 heteroatoms. The number of carbonyl (C=O) groups excluding carboxylic acids is 1. The molecule has 3 rings (SSSR count). The molecule has 0 spiro atoms. The van der Waals surface area contributed by atoms with Crippen LogP contribution >= 0.6 is 23.2 Å². The van der Waals surface area contributed by atoms with Crippen molar-refractivity contribution in [3.8, 4) is 5.75 Å². The maximum Gasteiger partial charge on any atom is 0.227 e.